The van der Waals surface area contributed by atoms with Crippen LogP contribution in [0, 0.1) is 16.0 Å². The third-order valence-corrected chi connectivity index (χ3v) is 3.45. The van der Waals surface area contributed by atoms with Gasteiger partial charge in [0.15, 0.2) is 0 Å². The molecule has 0 aromatic heterocycles. The molecule has 1 N–H and O–H groups in total. The highest BCUT2D eigenvalue weighted by molar-refractivity contribution is 6.31. The molecule has 0 atom stereocenters. The summed E-state index contributed by atoms with van der Waals surface area (Å²) in [4.78, 5) is 10.5. The van der Waals surface area contributed by atoms with E-state index in [0.717, 1.165) is 0 Å². The highest BCUT2D eigenvalue weighted by atomic mass is 35.5. The molecule has 0 amide bonds. The van der Waals surface area contributed by atoms with Gasteiger partial charge in [0.1, 0.15) is 5.69 Å². The zero-order valence-electron chi connectivity index (χ0n) is 9.87. The predicted octanol–water partition coefficient (Wildman–Crippen LogP) is 3.85. The number of hydrogen-bond acceptors (Lipinski definition) is 3. The third-order valence-electron chi connectivity index (χ3n) is 3.21. The van der Waals surface area contributed by atoms with Gasteiger partial charge in [0.05, 0.1) is 4.92 Å². The van der Waals surface area contributed by atoms with Crippen LogP contribution in [0.1, 0.15) is 26.7 Å². The van der Waals surface area contributed by atoms with Crippen molar-refractivity contribution in [2.45, 2.75) is 32.2 Å². The molecule has 1 aromatic rings. The second-order valence-electron chi connectivity index (χ2n) is 5.04. The maximum Gasteiger partial charge on any atom is 0.292 e. The van der Waals surface area contributed by atoms with Crippen LogP contribution in [0.5, 0.6) is 0 Å². The number of nitrogens with zero attached hydrogens (tertiary/aromatic N) is 1. The van der Waals surface area contributed by atoms with Crippen LogP contribution in [0.25, 0.3) is 0 Å². The third kappa shape index (κ3) is 2.69. The Morgan fingerprint density at radius 3 is 2.65 bits per heavy atom. The molecular formula is C12H15ClN2O2. The lowest BCUT2D eigenvalue weighted by molar-refractivity contribution is -0.384. The van der Waals surface area contributed by atoms with Crippen LogP contribution in [-0.2, 0) is 0 Å². The SMILES string of the molecule is CC(C)(Nc1cc(Cl)ccc1[N+](=O)[O-])C1CC1. The van der Waals surface area contributed by atoms with Crippen molar-refractivity contribution in [1.29, 1.82) is 0 Å². The lowest BCUT2D eigenvalue weighted by Gasteiger charge is -2.27. The van der Waals surface area contributed by atoms with E-state index in [4.69, 9.17) is 11.6 Å². The average Bonchev–Trinajstić information content (AvgIpc) is 2.99. The Labute approximate surface area is 105 Å². The van der Waals surface area contributed by atoms with Gasteiger partial charge in [-0.15, -0.1) is 0 Å². The highest BCUT2D eigenvalue weighted by Crippen LogP contribution is 2.42. The summed E-state index contributed by atoms with van der Waals surface area (Å²) >= 11 is 5.88. The van der Waals surface area contributed by atoms with Crippen molar-refractivity contribution in [3.8, 4) is 0 Å². The Balaban J connectivity index is 2.30. The molecule has 0 unspecified atom stereocenters. The van der Waals surface area contributed by atoms with E-state index in [1.54, 1.807) is 6.07 Å². The number of rotatable bonds is 4. The standard InChI is InChI=1S/C12H15ClN2O2/c1-12(2,8-3-4-8)14-10-7-9(13)5-6-11(10)15(16)17/h5-8,14H,3-4H2,1-2H3. The summed E-state index contributed by atoms with van der Waals surface area (Å²) in [5.41, 5.74) is 0.442. The van der Waals surface area contributed by atoms with Gasteiger partial charge in [-0.1, -0.05) is 11.6 Å². The number of nitro benzene ring substituents is 1. The number of nitro groups is 1. The van der Waals surface area contributed by atoms with E-state index in [1.807, 2.05) is 0 Å². The Bertz CT molecular complexity index is 456. The fraction of sp³-hybridized carbons (Fsp3) is 0.500. The minimum atomic E-state index is -0.387. The number of anilines is 1. The van der Waals surface area contributed by atoms with Crippen molar-refractivity contribution >= 4 is 23.0 Å². The number of hydrogen-bond donors (Lipinski definition) is 1. The summed E-state index contributed by atoms with van der Waals surface area (Å²) in [6.07, 6.45) is 2.35. The molecule has 0 heterocycles. The Hall–Kier alpha value is -1.29. The van der Waals surface area contributed by atoms with Gasteiger partial charge in [-0.2, -0.15) is 0 Å². The van der Waals surface area contributed by atoms with E-state index in [9.17, 15) is 10.1 Å². The largest absolute Gasteiger partial charge is 0.374 e. The van der Waals surface area contributed by atoms with Crippen molar-refractivity contribution in [3.05, 3.63) is 33.3 Å². The van der Waals surface area contributed by atoms with Crippen LogP contribution in [0.4, 0.5) is 11.4 Å². The maximum atomic E-state index is 10.9. The van der Waals surface area contributed by atoms with Gasteiger partial charge in [0.25, 0.3) is 5.69 Å². The molecule has 1 fully saturated rings. The second-order valence-corrected chi connectivity index (χ2v) is 5.48. The monoisotopic (exact) mass is 254 g/mol. The lowest BCUT2D eigenvalue weighted by Crippen LogP contribution is -2.33. The first-order valence-corrected chi connectivity index (χ1v) is 6.00. The molecule has 0 bridgehead atoms. The Morgan fingerprint density at radius 1 is 1.47 bits per heavy atom. The van der Waals surface area contributed by atoms with Crippen LogP contribution in [0.2, 0.25) is 5.02 Å². The average molecular weight is 255 g/mol. The minimum absolute atomic E-state index is 0.0723. The summed E-state index contributed by atoms with van der Waals surface area (Å²) in [6.45, 7) is 4.13. The molecule has 1 aromatic carbocycles. The topological polar surface area (TPSA) is 55.2 Å². The molecule has 1 aliphatic carbocycles. The fourth-order valence-corrected chi connectivity index (χ4v) is 2.19. The van der Waals surface area contributed by atoms with Crippen LogP contribution >= 0.6 is 11.6 Å². The molecule has 0 aliphatic heterocycles. The first kappa shape index (κ1) is 12.2. The van der Waals surface area contributed by atoms with E-state index >= 15 is 0 Å². The van der Waals surface area contributed by atoms with E-state index in [0.29, 0.717) is 16.6 Å². The lowest BCUT2D eigenvalue weighted by atomic mass is 9.98. The van der Waals surface area contributed by atoms with Crippen molar-refractivity contribution in [3.63, 3.8) is 0 Å². The summed E-state index contributed by atoms with van der Waals surface area (Å²) in [6, 6.07) is 4.59. The molecule has 1 saturated carbocycles. The molecule has 0 spiro atoms. The molecule has 92 valence electrons. The summed E-state index contributed by atoms with van der Waals surface area (Å²) in [5, 5.41) is 14.7. The van der Waals surface area contributed by atoms with Crippen LogP contribution < -0.4 is 5.32 Å². The predicted molar refractivity (Wildman–Crippen MR) is 68.5 cm³/mol. The van der Waals surface area contributed by atoms with Crippen LogP contribution in [-0.4, -0.2) is 10.5 Å². The second kappa shape index (κ2) is 4.18. The normalized spacial score (nSPS) is 15.7. The molecule has 0 radical (unpaired) electrons. The quantitative estimate of drug-likeness (QED) is 0.656. The fourth-order valence-electron chi connectivity index (χ4n) is 2.02. The van der Waals surface area contributed by atoms with Gasteiger partial charge in [-0.05, 0) is 44.7 Å². The summed E-state index contributed by atoms with van der Waals surface area (Å²) < 4.78 is 0. The van der Waals surface area contributed by atoms with Crippen LogP contribution in [0.3, 0.4) is 0 Å². The van der Waals surface area contributed by atoms with E-state index in [-0.39, 0.29) is 16.1 Å². The van der Waals surface area contributed by atoms with E-state index in [2.05, 4.69) is 19.2 Å². The van der Waals surface area contributed by atoms with Crippen molar-refractivity contribution in [2.75, 3.05) is 5.32 Å². The van der Waals surface area contributed by atoms with Gasteiger partial charge in [0, 0.05) is 16.6 Å². The Morgan fingerprint density at radius 2 is 2.12 bits per heavy atom. The van der Waals surface area contributed by atoms with Crippen molar-refractivity contribution in [2.24, 2.45) is 5.92 Å². The molecule has 0 saturated heterocycles. The van der Waals surface area contributed by atoms with Crippen molar-refractivity contribution in [1.82, 2.24) is 0 Å². The van der Waals surface area contributed by atoms with Gasteiger partial charge in [0.2, 0.25) is 0 Å². The summed E-state index contributed by atoms with van der Waals surface area (Å²) in [7, 11) is 0. The summed E-state index contributed by atoms with van der Waals surface area (Å²) in [5.74, 6) is 0.584. The van der Waals surface area contributed by atoms with Gasteiger partial charge in [-0.25, -0.2) is 0 Å². The molecule has 17 heavy (non-hydrogen) atoms. The molecule has 1 aliphatic rings. The molecule has 2 rings (SSSR count). The van der Waals surface area contributed by atoms with Crippen molar-refractivity contribution < 1.29 is 4.92 Å². The first-order valence-electron chi connectivity index (χ1n) is 5.62. The highest BCUT2D eigenvalue weighted by Gasteiger charge is 2.38. The Kier molecular flexibility index (Phi) is 3.00. The number of nitrogens with one attached hydrogen (secondary N) is 1. The molecule has 4 nitrogen and oxygen atoms in total. The molecule has 5 heteroatoms. The zero-order chi connectivity index (χ0) is 12.6. The minimum Gasteiger partial charge on any atom is -0.374 e. The van der Waals surface area contributed by atoms with E-state index < -0.39 is 0 Å². The van der Waals surface area contributed by atoms with Gasteiger partial charge >= 0.3 is 0 Å². The molecular weight excluding hydrogens is 240 g/mol. The zero-order valence-corrected chi connectivity index (χ0v) is 10.6. The van der Waals surface area contributed by atoms with Crippen LogP contribution in [0.15, 0.2) is 18.2 Å². The number of benzene rings is 1. The maximum absolute atomic E-state index is 10.9. The van der Waals surface area contributed by atoms with Gasteiger partial charge in [-0.3, -0.25) is 10.1 Å². The first-order chi connectivity index (χ1) is 7.90. The smallest absolute Gasteiger partial charge is 0.292 e. The number of halogens is 1. The van der Waals surface area contributed by atoms with E-state index in [1.165, 1.54) is 25.0 Å². The van der Waals surface area contributed by atoms with Gasteiger partial charge < -0.3 is 5.32 Å².